The summed E-state index contributed by atoms with van der Waals surface area (Å²) in [6.07, 6.45) is 1.48. The summed E-state index contributed by atoms with van der Waals surface area (Å²) >= 11 is 0. The minimum Gasteiger partial charge on any atom is -0.333 e. The van der Waals surface area contributed by atoms with Gasteiger partial charge in [0.1, 0.15) is 17.9 Å². The number of hydrogen-bond donors (Lipinski definition) is 1. The highest BCUT2D eigenvalue weighted by Gasteiger charge is 2.16. The Balaban J connectivity index is 1.54. The third-order valence-corrected chi connectivity index (χ3v) is 4.76. The van der Waals surface area contributed by atoms with Gasteiger partial charge in [-0.25, -0.2) is 4.39 Å². The highest BCUT2D eigenvalue weighted by Crippen LogP contribution is 2.20. The second-order valence-electron chi connectivity index (χ2n) is 7.16. The largest absolute Gasteiger partial charge is 0.333 e. The molecule has 0 unspecified atom stereocenters. The molecule has 4 aromatic rings. The van der Waals surface area contributed by atoms with Gasteiger partial charge >= 0.3 is 0 Å². The van der Waals surface area contributed by atoms with Crippen molar-refractivity contribution in [2.75, 3.05) is 5.32 Å². The van der Waals surface area contributed by atoms with Crippen molar-refractivity contribution in [1.29, 1.82) is 0 Å². The Morgan fingerprint density at radius 3 is 2.65 bits per heavy atom. The topological polar surface area (TPSA) is 90.0 Å². The third kappa shape index (κ3) is 4.42. The zero-order valence-corrected chi connectivity index (χ0v) is 16.9. The van der Waals surface area contributed by atoms with E-state index in [4.69, 9.17) is 4.52 Å². The van der Waals surface area contributed by atoms with Crippen molar-refractivity contribution in [3.63, 3.8) is 0 Å². The Bertz CT molecular complexity index is 1310. The van der Waals surface area contributed by atoms with Gasteiger partial charge in [0, 0.05) is 17.4 Å². The van der Waals surface area contributed by atoms with Crippen molar-refractivity contribution in [3.8, 4) is 22.8 Å². The molecule has 1 N–H and O–H groups in total. The smallest absolute Gasteiger partial charge is 0.263 e. The number of halogens is 1. The summed E-state index contributed by atoms with van der Waals surface area (Å²) in [7, 11) is 0. The average molecular weight is 418 g/mol. The molecule has 0 bridgehead atoms. The number of anilines is 1. The Kier molecular flexibility index (Phi) is 5.44. The molecule has 156 valence electrons. The zero-order chi connectivity index (χ0) is 22.0. The molecule has 1 amide bonds. The molecule has 0 aliphatic carbocycles. The Morgan fingerprint density at radius 1 is 1.13 bits per heavy atom. The summed E-state index contributed by atoms with van der Waals surface area (Å²) in [5.74, 6) is -0.453. The Hall–Kier alpha value is -4.07. The van der Waals surface area contributed by atoms with Crippen molar-refractivity contribution in [2.24, 2.45) is 0 Å². The number of pyridine rings is 1. The summed E-state index contributed by atoms with van der Waals surface area (Å²) in [6, 6.07) is 15.2. The number of aryl methyl sites for hydroxylation is 2. The number of amides is 1. The van der Waals surface area contributed by atoms with Gasteiger partial charge in [-0.2, -0.15) is 4.98 Å². The molecule has 7 nitrogen and oxygen atoms in total. The second kappa shape index (κ2) is 8.35. The van der Waals surface area contributed by atoms with Gasteiger partial charge in [-0.15, -0.1) is 0 Å². The predicted octanol–water partition coefficient (Wildman–Crippen LogP) is 3.96. The number of nitrogens with zero attached hydrogens (tertiary/aromatic N) is 3. The molecule has 4 rings (SSSR count). The summed E-state index contributed by atoms with van der Waals surface area (Å²) in [5.41, 5.74) is 2.39. The van der Waals surface area contributed by atoms with E-state index in [-0.39, 0.29) is 18.0 Å². The zero-order valence-electron chi connectivity index (χ0n) is 16.9. The van der Waals surface area contributed by atoms with Crippen LogP contribution >= 0.6 is 0 Å². The molecule has 0 radical (unpaired) electrons. The number of nitrogens with one attached hydrogen (secondary N) is 1. The van der Waals surface area contributed by atoms with E-state index in [0.29, 0.717) is 17.1 Å². The Labute approximate surface area is 177 Å². The quantitative estimate of drug-likeness (QED) is 0.530. The van der Waals surface area contributed by atoms with Crippen LogP contribution in [-0.4, -0.2) is 20.6 Å². The molecule has 0 atom stereocenters. The fourth-order valence-corrected chi connectivity index (χ4v) is 3.00. The molecule has 2 aromatic carbocycles. The molecule has 0 saturated carbocycles. The minimum absolute atomic E-state index is 0.0657. The Morgan fingerprint density at radius 2 is 1.90 bits per heavy atom. The highest BCUT2D eigenvalue weighted by molar-refractivity contribution is 5.90. The maximum Gasteiger partial charge on any atom is 0.263 e. The lowest BCUT2D eigenvalue weighted by atomic mass is 10.1. The van der Waals surface area contributed by atoms with Crippen LogP contribution in [-0.2, 0) is 11.3 Å². The maximum absolute atomic E-state index is 13.7. The van der Waals surface area contributed by atoms with E-state index in [1.54, 1.807) is 31.2 Å². The fourth-order valence-electron chi connectivity index (χ4n) is 3.00. The van der Waals surface area contributed by atoms with Gasteiger partial charge in [0.15, 0.2) is 0 Å². The van der Waals surface area contributed by atoms with E-state index in [0.717, 1.165) is 11.1 Å². The SMILES string of the molecule is Cc1ccc(-c2noc(-c3cccn(CC(=O)Nc4ccc(C)c(F)c4)c3=O)n2)cc1. The van der Waals surface area contributed by atoms with Gasteiger partial charge in [0.2, 0.25) is 11.7 Å². The van der Waals surface area contributed by atoms with Gasteiger partial charge in [-0.05, 0) is 43.7 Å². The molecule has 0 spiro atoms. The maximum atomic E-state index is 13.7. The lowest BCUT2D eigenvalue weighted by Gasteiger charge is -2.08. The first kappa shape index (κ1) is 20.2. The average Bonchev–Trinajstić information content (AvgIpc) is 3.23. The van der Waals surface area contributed by atoms with Crippen LogP contribution in [0.5, 0.6) is 0 Å². The molecule has 0 fully saturated rings. The number of hydrogen-bond acceptors (Lipinski definition) is 5. The molecular weight excluding hydrogens is 399 g/mol. The summed E-state index contributed by atoms with van der Waals surface area (Å²) in [6.45, 7) is 3.36. The minimum atomic E-state index is -0.464. The van der Waals surface area contributed by atoms with E-state index < -0.39 is 17.3 Å². The first-order valence-corrected chi connectivity index (χ1v) is 9.57. The van der Waals surface area contributed by atoms with E-state index in [9.17, 15) is 14.0 Å². The number of aromatic nitrogens is 3. The first-order chi connectivity index (χ1) is 14.9. The van der Waals surface area contributed by atoms with Gasteiger partial charge in [-0.1, -0.05) is 41.1 Å². The lowest BCUT2D eigenvalue weighted by molar-refractivity contribution is -0.116. The van der Waals surface area contributed by atoms with Crippen LogP contribution in [0.25, 0.3) is 22.8 Å². The van der Waals surface area contributed by atoms with Crippen LogP contribution in [0.2, 0.25) is 0 Å². The van der Waals surface area contributed by atoms with Crippen LogP contribution in [0.4, 0.5) is 10.1 Å². The number of carbonyl (C=O) groups excluding carboxylic acids is 1. The highest BCUT2D eigenvalue weighted by atomic mass is 19.1. The van der Waals surface area contributed by atoms with Gasteiger partial charge < -0.3 is 14.4 Å². The second-order valence-corrected chi connectivity index (χ2v) is 7.16. The fraction of sp³-hybridized carbons (Fsp3) is 0.130. The van der Waals surface area contributed by atoms with Crippen molar-refractivity contribution in [3.05, 3.63) is 88.1 Å². The number of carbonyl (C=O) groups is 1. The molecule has 8 heteroatoms. The van der Waals surface area contributed by atoms with E-state index in [1.165, 1.54) is 16.8 Å². The van der Waals surface area contributed by atoms with Gasteiger partial charge in [0.25, 0.3) is 11.4 Å². The number of benzene rings is 2. The van der Waals surface area contributed by atoms with Crippen molar-refractivity contribution in [2.45, 2.75) is 20.4 Å². The van der Waals surface area contributed by atoms with Gasteiger partial charge in [-0.3, -0.25) is 9.59 Å². The monoisotopic (exact) mass is 418 g/mol. The van der Waals surface area contributed by atoms with E-state index >= 15 is 0 Å². The molecular formula is C23H19FN4O3. The van der Waals surface area contributed by atoms with Crippen LogP contribution in [0, 0.1) is 19.7 Å². The van der Waals surface area contributed by atoms with Crippen molar-refractivity contribution < 1.29 is 13.7 Å². The first-order valence-electron chi connectivity index (χ1n) is 9.57. The molecule has 31 heavy (non-hydrogen) atoms. The van der Waals surface area contributed by atoms with Crippen molar-refractivity contribution in [1.82, 2.24) is 14.7 Å². The van der Waals surface area contributed by atoms with Gasteiger partial charge in [0.05, 0.1) is 0 Å². The molecule has 0 aliphatic heterocycles. The predicted molar refractivity (Wildman–Crippen MR) is 114 cm³/mol. The van der Waals surface area contributed by atoms with Crippen LogP contribution in [0.1, 0.15) is 11.1 Å². The van der Waals surface area contributed by atoms with Crippen LogP contribution < -0.4 is 10.9 Å². The van der Waals surface area contributed by atoms with Crippen LogP contribution in [0.15, 0.2) is 70.1 Å². The molecule has 2 heterocycles. The molecule has 2 aromatic heterocycles. The molecule has 0 saturated heterocycles. The molecule has 0 aliphatic rings. The third-order valence-electron chi connectivity index (χ3n) is 4.76. The number of rotatable bonds is 5. The summed E-state index contributed by atoms with van der Waals surface area (Å²) in [4.78, 5) is 29.5. The normalized spacial score (nSPS) is 10.8. The van der Waals surface area contributed by atoms with E-state index in [2.05, 4.69) is 15.5 Å². The van der Waals surface area contributed by atoms with Crippen molar-refractivity contribution >= 4 is 11.6 Å². The summed E-state index contributed by atoms with van der Waals surface area (Å²) in [5, 5.41) is 6.53. The van der Waals surface area contributed by atoms with E-state index in [1.807, 2.05) is 31.2 Å². The summed E-state index contributed by atoms with van der Waals surface area (Å²) < 4.78 is 20.2. The van der Waals surface area contributed by atoms with Crippen LogP contribution in [0.3, 0.4) is 0 Å². The standard InChI is InChI=1S/C23H19FN4O3/c1-14-5-8-16(9-6-14)21-26-22(31-27-21)18-4-3-11-28(23(18)30)13-20(29)25-17-10-7-15(2)19(24)12-17/h3-12H,13H2,1-2H3,(H,25,29). The lowest BCUT2D eigenvalue weighted by Crippen LogP contribution is -2.28.